The summed E-state index contributed by atoms with van der Waals surface area (Å²) in [7, 11) is 0. The topological polar surface area (TPSA) is 87.8 Å². The molecule has 7 nitrogen and oxygen atoms in total. The quantitative estimate of drug-likeness (QED) is 0.0449. The van der Waals surface area contributed by atoms with Crippen LogP contribution >= 0.6 is 119 Å². The molecule has 8 rings (SSSR count). The minimum atomic E-state index is 0. The minimum Gasteiger partial charge on any atom is -0.412 e. The summed E-state index contributed by atoms with van der Waals surface area (Å²) in [5.74, 6) is 2.47. The number of nitrogens with one attached hydrogen (secondary N) is 2. The second kappa shape index (κ2) is 32.2. The van der Waals surface area contributed by atoms with Crippen molar-refractivity contribution in [3.05, 3.63) is 144 Å². The summed E-state index contributed by atoms with van der Waals surface area (Å²) in [6.45, 7) is 7.01. The summed E-state index contributed by atoms with van der Waals surface area (Å²) in [6, 6.07) is 45.5. The van der Waals surface area contributed by atoms with E-state index in [0.29, 0.717) is 33.6 Å². The Morgan fingerprint density at radius 1 is 0.377 bits per heavy atom. The fourth-order valence-corrected chi connectivity index (χ4v) is 9.31. The lowest BCUT2D eigenvalue weighted by Crippen LogP contribution is -2.30. The van der Waals surface area contributed by atoms with Gasteiger partial charge in [0, 0.05) is 94.4 Å². The lowest BCUT2D eigenvalue weighted by atomic mass is 10.0. The Kier molecular flexibility index (Phi) is 29.0. The molecule has 0 amide bonds. The van der Waals surface area contributed by atoms with E-state index in [1.54, 1.807) is 0 Å². The summed E-state index contributed by atoms with van der Waals surface area (Å²) >= 11 is 36.2. The molecule has 0 aliphatic heterocycles. The Morgan fingerprint density at radius 3 is 1.09 bits per heavy atom. The summed E-state index contributed by atoms with van der Waals surface area (Å²) in [4.78, 5) is 14.4. The molecule has 69 heavy (non-hydrogen) atoms. The van der Waals surface area contributed by atoms with Gasteiger partial charge in [-0.15, -0.1) is 96.0 Å². The molecule has 2 aromatic heterocycles. The normalized spacial score (nSPS) is 10.7. The number of anilines is 2. The zero-order chi connectivity index (χ0) is 44.7. The van der Waals surface area contributed by atoms with Crippen LogP contribution in [0.2, 0.25) is 10.0 Å². The molecule has 0 spiro atoms. The van der Waals surface area contributed by atoms with Gasteiger partial charge in [0.05, 0.1) is 33.4 Å². The first kappa shape index (κ1) is 62.2. The Hall–Kier alpha value is -2.96. The second-order valence-electron chi connectivity index (χ2n) is 15.5. The molecule has 6 aromatic carbocycles. The average Bonchev–Trinajstić information content (AvgIpc) is 3.31. The maximum atomic E-state index is 6.26. The third kappa shape index (κ3) is 17.1. The van der Waals surface area contributed by atoms with Crippen molar-refractivity contribution in [1.29, 1.82) is 0 Å². The highest BCUT2D eigenvalue weighted by molar-refractivity contribution is 6.32. The van der Waals surface area contributed by atoms with Gasteiger partial charge in [0.25, 0.3) is 0 Å². The Balaban J connectivity index is 0.000000441. The summed E-state index contributed by atoms with van der Waals surface area (Å²) in [6.07, 6.45) is 1.98. The molecule has 2 heterocycles. The van der Waals surface area contributed by atoms with Gasteiger partial charge < -0.3 is 25.9 Å². The van der Waals surface area contributed by atoms with Gasteiger partial charge in [0.2, 0.25) is 0 Å². The van der Waals surface area contributed by atoms with Crippen molar-refractivity contribution in [2.24, 2.45) is 0 Å². The smallest absolute Gasteiger partial charge is 0.0745 e. The van der Waals surface area contributed by atoms with Gasteiger partial charge in [-0.2, -0.15) is 0 Å². The van der Waals surface area contributed by atoms with E-state index in [2.05, 4.69) is 117 Å². The van der Waals surface area contributed by atoms with E-state index in [1.165, 1.54) is 22.3 Å². The largest absolute Gasteiger partial charge is 0.412 e. The van der Waals surface area contributed by atoms with Crippen LogP contribution in [0.1, 0.15) is 12.8 Å². The Bertz CT molecular complexity index is 2560. The summed E-state index contributed by atoms with van der Waals surface area (Å²) in [5, 5.41) is 13.1. The van der Waals surface area contributed by atoms with E-state index in [0.717, 1.165) is 120 Å². The zero-order valence-corrected chi connectivity index (χ0v) is 45.6. The molecule has 0 aliphatic rings. The van der Waals surface area contributed by atoms with Crippen molar-refractivity contribution in [3.63, 3.8) is 0 Å². The second-order valence-corrected chi connectivity index (χ2v) is 17.9. The van der Waals surface area contributed by atoms with Gasteiger partial charge in [-0.25, -0.2) is 9.97 Å². The first-order chi connectivity index (χ1) is 31.4. The molecule has 0 saturated carbocycles. The van der Waals surface area contributed by atoms with Crippen LogP contribution in [-0.4, -0.2) is 101 Å². The predicted octanol–water partition coefficient (Wildman–Crippen LogP) is 15.4. The number of hydrogen-bond acceptors (Lipinski definition) is 6. The number of alkyl halides is 4. The molecule has 0 radical (unpaired) electrons. The van der Waals surface area contributed by atoms with Crippen molar-refractivity contribution < 1.29 is 5.48 Å². The number of benzene rings is 6. The van der Waals surface area contributed by atoms with Crippen molar-refractivity contribution in [3.8, 4) is 22.3 Å². The number of fused-ring (bicyclic) bond motifs is 4. The first-order valence-corrected chi connectivity index (χ1v) is 24.6. The van der Waals surface area contributed by atoms with Gasteiger partial charge in [-0.1, -0.05) is 96.0 Å². The van der Waals surface area contributed by atoms with Crippen LogP contribution in [-0.2, 0) is 0 Å². The highest BCUT2D eigenvalue weighted by Gasteiger charge is 2.14. The van der Waals surface area contributed by atoms with E-state index in [9.17, 15) is 0 Å². The molecule has 0 unspecified atom stereocenters. The van der Waals surface area contributed by atoms with Gasteiger partial charge in [-0.05, 0) is 109 Å². The van der Waals surface area contributed by atoms with E-state index < -0.39 is 0 Å². The highest BCUT2D eigenvalue weighted by Crippen LogP contribution is 2.36. The maximum Gasteiger partial charge on any atom is 0.0745 e. The van der Waals surface area contributed by atoms with Crippen molar-refractivity contribution in [2.45, 2.75) is 12.8 Å². The Labute approximate surface area is 460 Å². The monoisotopic (exact) mass is 1130 g/mol. The third-order valence-corrected chi connectivity index (χ3v) is 12.3. The molecule has 4 N–H and O–H groups in total. The minimum absolute atomic E-state index is 0. The number of halogens is 10. The molecular formula is C52H58Cl10N6O. The number of aromatic nitrogens is 2. The molecule has 17 heteroatoms. The van der Waals surface area contributed by atoms with Gasteiger partial charge in [-0.3, -0.25) is 0 Å². The van der Waals surface area contributed by atoms with Gasteiger partial charge >= 0.3 is 0 Å². The molecule has 0 atom stereocenters. The van der Waals surface area contributed by atoms with Crippen LogP contribution in [0.3, 0.4) is 0 Å². The molecule has 0 bridgehead atoms. The van der Waals surface area contributed by atoms with Crippen LogP contribution in [0.25, 0.3) is 65.9 Å². The molecule has 8 aromatic rings. The molecule has 0 aliphatic carbocycles. The molecule has 0 saturated heterocycles. The number of pyridine rings is 2. The standard InChI is InChI=1S/2C26H26Cl3N3.4ClH.H2O/c2*27-11-15-32(16-12-28)14-4-13-30-26-22-9-8-21(29)18-25(22)31-24-10-7-20(17-23(24)26)19-5-2-1-3-6-19;;;;;/h2*1-3,5-10,17-18H,4,11-16H2,(H,30,31);4*1H;1H2. The average molecular weight is 1140 g/mol. The summed E-state index contributed by atoms with van der Waals surface area (Å²) in [5.41, 5.74) is 10.6. The van der Waals surface area contributed by atoms with Crippen LogP contribution in [0, 0.1) is 0 Å². The van der Waals surface area contributed by atoms with Crippen molar-refractivity contribution in [1.82, 2.24) is 19.8 Å². The van der Waals surface area contributed by atoms with E-state index in [-0.39, 0.29) is 55.1 Å². The molecular weight excluding hydrogens is 1080 g/mol. The number of nitrogens with zero attached hydrogens (tertiary/aromatic N) is 4. The fourth-order valence-electron chi connectivity index (χ4n) is 8.02. The van der Waals surface area contributed by atoms with Crippen LogP contribution in [0.15, 0.2) is 133 Å². The van der Waals surface area contributed by atoms with E-state index in [4.69, 9.17) is 79.6 Å². The van der Waals surface area contributed by atoms with Crippen molar-refractivity contribution >= 4 is 174 Å². The molecule has 372 valence electrons. The summed E-state index contributed by atoms with van der Waals surface area (Å²) < 4.78 is 0. The van der Waals surface area contributed by atoms with Gasteiger partial charge in [0.1, 0.15) is 0 Å². The van der Waals surface area contributed by atoms with Crippen LogP contribution in [0.4, 0.5) is 11.4 Å². The predicted molar refractivity (Wildman–Crippen MR) is 314 cm³/mol. The SMILES string of the molecule is Cl.Cl.Cl.Cl.ClCCN(CCCl)CCCNc1c2ccc(Cl)cc2nc2ccc(-c3ccccc3)cc12.ClCCN(CCCl)CCCNc1c2ccc(Cl)cc2nc2ccc(-c3ccccc3)cc12.O. The van der Waals surface area contributed by atoms with Gasteiger partial charge in [0.15, 0.2) is 0 Å². The van der Waals surface area contributed by atoms with Crippen LogP contribution in [0.5, 0.6) is 0 Å². The van der Waals surface area contributed by atoms with Crippen molar-refractivity contribution in [2.75, 3.05) is 86.5 Å². The Morgan fingerprint density at radius 2 is 0.739 bits per heavy atom. The number of rotatable bonds is 20. The highest BCUT2D eigenvalue weighted by atomic mass is 35.5. The van der Waals surface area contributed by atoms with E-state index in [1.807, 2.05) is 36.4 Å². The maximum absolute atomic E-state index is 6.26. The zero-order valence-electron chi connectivity index (χ0n) is 37.8. The first-order valence-electron chi connectivity index (χ1n) is 21.7. The number of hydrogen-bond donors (Lipinski definition) is 2. The lowest BCUT2D eigenvalue weighted by Gasteiger charge is -2.20. The molecule has 0 fully saturated rings. The van der Waals surface area contributed by atoms with Crippen LogP contribution < -0.4 is 10.6 Å². The fraction of sp³-hybridized carbons (Fsp3) is 0.269. The lowest BCUT2D eigenvalue weighted by molar-refractivity contribution is 0.306. The van der Waals surface area contributed by atoms with E-state index >= 15 is 0 Å². The third-order valence-electron chi connectivity index (χ3n) is 11.2.